The number of aromatic nitrogens is 2. The van der Waals surface area contributed by atoms with E-state index < -0.39 is 0 Å². The molecule has 3 rings (SSSR count). The number of nitrogens with two attached hydrogens (primary N) is 1. The monoisotopic (exact) mass is 366 g/mol. The van der Waals surface area contributed by atoms with Crippen molar-refractivity contribution in [1.29, 1.82) is 0 Å². The molecule has 1 aromatic heterocycles. The summed E-state index contributed by atoms with van der Waals surface area (Å²) in [5.74, 6) is -0.0586. The second-order valence-corrected chi connectivity index (χ2v) is 6.08. The van der Waals surface area contributed by atoms with Crippen LogP contribution in [0, 0.1) is 0 Å². The number of carbonyl (C=O) groups is 2. The topological polar surface area (TPSA) is 90.4 Å². The molecule has 7 heteroatoms. The fourth-order valence-corrected chi connectivity index (χ4v) is 2.91. The molecule has 0 spiro atoms. The molecule has 7 nitrogen and oxygen atoms in total. The minimum atomic E-state index is -0.274. The lowest BCUT2D eigenvalue weighted by Crippen LogP contribution is -2.26. The number of fused-ring (bicyclic) bond motifs is 1. The van der Waals surface area contributed by atoms with Gasteiger partial charge in [-0.3, -0.25) is 9.59 Å². The van der Waals surface area contributed by atoms with Crippen molar-refractivity contribution in [3.8, 4) is 0 Å². The van der Waals surface area contributed by atoms with Crippen LogP contribution in [0.4, 0.5) is 11.6 Å². The SMILES string of the molecule is CCOC(=O)CCn1c(N)nc2cc(N(C)C(=O)c3ccccc3)ccc21. The number of anilines is 2. The standard InChI is InChI=1S/C20H22N4O3/c1-3-27-18(25)11-12-24-17-10-9-15(13-16(17)22-20(24)21)23(2)19(26)14-7-5-4-6-8-14/h4-10,13H,3,11-12H2,1-2H3,(H2,21,22). The number of esters is 1. The summed E-state index contributed by atoms with van der Waals surface area (Å²) in [6.45, 7) is 2.51. The van der Waals surface area contributed by atoms with Crippen LogP contribution < -0.4 is 10.6 Å². The van der Waals surface area contributed by atoms with E-state index in [0.29, 0.717) is 35.9 Å². The third-order valence-electron chi connectivity index (χ3n) is 4.32. The Labute approximate surface area is 157 Å². The fourth-order valence-electron chi connectivity index (χ4n) is 2.91. The van der Waals surface area contributed by atoms with Gasteiger partial charge in [0.05, 0.1) is 24.1 Å². The number of amides is 1. The quantitative estimate of drug-likeness (QED) is 0.678. The Hall–Kier alpha value is -3.35. The summed E-state index contributed by atoms with van der Waals surface area (Å²) in [7, 11) is 1.72. The normalized spacial score (nSPS) is 10.7. The zero-order valence-electron chi connectivity index (χ0n) is 15.4. The van der Waals surface area contributed by atoms with E-state index in [-0.39, 0.29) is 18.3 Å². The van der Waals surface area contributed by atoms with Crippen molar-refractivity contribution in [2.75, 3.05) is 24.3 Å². The second kappa shape index (κ2) is 7.90. The van der Waals surface area contributed by atoms with E-state index in [4.69, 9.17) is 10.5 Å². The molecule has 3 aromatic rings. The lowest BCUT2D eigenvalue weighted by molar-refractivity contribution is -0.143. The predicted octanol–water partition coefficient (Wildman–Crippen LogP) is 2.85. The van der Waals surface area contributed by atoms with Gasteiger partial charge in [-0.25, -0.2) is 4.98 Å². The minimum absolute atomic E-state index is 0.107. The molecule has 27 heavy (non-hydrogen) atoms. The van der Waals surface area contributed by atoms with Crippen molar-refractivity contribution in [3.05, 3.63) is 54.1 Å². The molecule has 2 aromatic carbocycles. The number of benzene rings is 2. The molecular formula is C20H22N4O3. The van der Waals surface area contributed by atoms with Crippen LogP contribution in [-0.4, -0.2) is 35.1 Å². The summed E-state index contributed by atoms with van der Waals surface area (Å²) >= 11 is 0. The second-order valence-electron chi connectivity index (χ2n) is 6.08. The Morgan fingerprint density at radius 1 is 1.19 bits per heavy atom. The van der Waals surface area contributed by atoms with Gasteiger partial charge in [0.1, 0.15) is 0 Å². The summed E-state index contributed by atoms with van der Waals surface area (Å²) in [5, 5.41) is 0. The third kappa shape index (κ3) is 3.92. The molecule has 1 heterocycles. The van der Waals surface area contributed by atoms with Crippen LogP contribution in [0.2, 0.25) is 0 Å². The van der Waals surface area contributed by atoms with Gasteiger partial charge in [0.25, 0.3) is 5.91 Å². The number of hydrogen-bond acceptors (Lipinski definition) is 5. The summed E-state index contributed by atoms with van der Waals surface area (Å²) < 4.78 is 6.73. The number of carbonyl (C=O) groups excluding carboxylic acids is 2. The maximum absolute atomic E-state index is 12.6. The number of rotatable bonds is 6. The highest BCUT2D eigenvalue weighted by Gasteiger charge is 2.16. The summed E-state index contributed by atoms with van der Waals surface area (Å²) in [6.07, 6.45) is 0.220. The van der Waals surface area contributed by atoms with Crippen LogP contribution in [0.15, 0.2) is 48.5 Å². The molecule has 0 aliphatic carbocycles. The summed E-state index contributed by atoms with van der Waals surface area (Å²) in [6, 6.07) is 14.6. The van der Waals surface area contributed by atoms with Gasteiger partial charge in [-0.05, 0) is 37.3 Å². The molecule has 0 atom stereocenters. The first-order chi connectivity index (χ1) is 13.0. The number of aryl methyl sites for hydroxylation is 1. The Morgan fingerprint density at radius 3 is 2.63 bits per heavy atom. The van der Waals surface area contributed by atoms with Crippen molar-refractivity contribution in [3.63, 3.8) is 0 Å². The van der Waals surface area contributed by atoms with E-state index in [1.54, 1.807) is 35.6 Å². The van der Waals surface area contributed by atoms with Crippen LogP contribution in [0.25, 0.3) is 11.0 Å². The number of nitrogen functional groups attached to an aromatic ring is 1. The first kappa shape index (κ1) is 18.4. The number of imidazole rings is 1. The van der Waals surface area contributed by atoms with Crippen LogP contribution >= 0.6 is 0 Å². The first-order valence-electron chi connectivity index (χ1n) is 8.75. The highest BCUT2D eigenvalue weighted by molar-refractivity contribution is 6.06. The zero-order chi connectivity index (χ0) is 19.4. The van der Waals surface area contributed by atoms with Gasteiger partial charge >= 0.3 is 5.97 Å². The van der Waals surface area contributed by atoms with E-state index in [1.165, 1.54) is 0 Å². The smallest absolute Gasteiger partial charge is 0.307 e. The van der Waals surface area contributed by atoms with Crippen molar-refractivity contribution in [2.45, 2.75) is 19.9 Å². The van der Waals surface area contributed by atoms with Crippen molar-refractivity contribution >= 4 is 34.5 Å². The van der Waals surface area contributed by atoms with E-state index >= 15 is 0 Å². The molecular weight excluding hydrogens is 344 g/mol. The molecule has 0 saturated carbocycles. The molecule has 0 saturated heterocycles. The lowest BCUT2D eigenvalue weighted by Gasteiger charge is -2.17. The number of nitrogens with zero attached hydrogens (tertiary/aromatic N) is 3. The van der Waals surface area contributed by atoms with E-state index in [1.807, 2.05) is 36.4 Å². The Morgan fingerprint density at radius 2 is 1.93 bits per heavy atom. The Bertz CT molecular complexity index is 966. The predicted molar refractivity (Wildman–Crippen MR) is 105 cm³/mol. The lowest BCUT2D eigenvalue weighted by atomic mass is 10.2. The van der Waals surface area contributed by atoms with Crippen molar-refractivity contribution < 1.29 is 14.3 Å². The van der Waals surface area contributed by atoms with E-state index in [0.717, 1.165) is 5.52 Å². The minimum Gasteiger partial charge on any atom is -0.466 e. The van der Waals surface area contributed by atoms with Crippen molar-refractivity contribution in [2.24, 2.45) is 0 Å². The molecule has 1 amide bonds. The van der Waals surface area contributed by atoms with Crippen LogP contribution in [-0.2, 0) is 16.1 Å². The third-order valence-corrected chi connectivity index (χ3v) is 4.32. The van der Waals surface area contributed by atoms with Gasteiger partial charge in [-0.1, -0.05) is 18.2 Å². The number of ether oxygens (including phenoxy) is 1. The van der Waals surface area contributed by atoms with Crippen LogP contribution in [0.5, 0.6) is 0 Å². The van der Waals surface area contributed by atoms with Gasteiger partial charge < -0.3 is 19.9 Å². The molecule has 0 fully saturated rings. The van der Waals surface area contributed by atoms with Gasteiger partial charge in [0.15, 0.2) is 0 Å². The largest absolute Gasteiger partial charge is 0.466 e. The maximum Gasteiger partial charge on any atom is 0.307 e. The van der Waals surface area contributed by atoms with Gasteiger partial charge in [-0.15, -0.1) is 0 Å². The van der Waals surface area contributed by atoms with Gasteiger partial charge in [-0.2, -0.15) is 0 Å². The average molecular weight is 366 g/mol. The first-order valence-corrected chi connectivity index (χ1v) is 8.75. The van der Waals surface area contributed by atoms with E-state index in [9.17, 15) is 9.59 Å². The van der Waals surface area contributed by atoms with Gasteiger partial charge in [0, 0.05) is 24.8 Å². The maximum atomic E-state index is 12.6. The molecule has 0 aliphatic heterocycles. The highest BCUT2D eigenvalue weighted by Crippen LogP contribution is 2.25. The molecule has 0 unspecified atom stereocenters. The van der Waals surface area contributed by atoms with Crippen LogP contribution in [0.1, 0.15) is 23.7 Å². The highest BCUT2D eigenvalue weighted by atomic mass is 16.5. The molecule has 2 N–H and O–H groups in total. The fraction of sp³-hybridized carbons (Fsp3) is 0.250. The van der Waals surface area contributed by atoms with E-state index in [2.05, 4.69) is 4.98 Å². The summed E-state index contributed by atoms with van der Waals surface area (Å²) in [4.78, 5) is 30.1. The van der Waals surface area contributed by atoms with Crippen molar-refractivity contribution in [1.82, 2.24) is 9.55 Å². The molecule has 0 aliphatic rings. The average Bonchev–Trinajstić information content (AvgIpc) is 3.00. The Kier molecular flexibility index (Phi) is 5.40. The number of hydrogen-bond donors (Lipinski definition) is 1. The molecule has 140 valence electrons. The van der Waals surface area contributed by atoms with Crippen LogP contribution in [0.3, 0.4) is 0 Å². The molecule has 0 bridgehead atoms. The zero-order valence-corrected chi connectivity index (χ0v) is 15.4. The Balaban J connectivity index is 1.84. The molecule has 0 radical (unpaired) electrons. The summed E-state index contributed by atoms with van der Waals surface area (Å²) in [5.41, 5.74) is 8.81. The van der Waals surface area contributed by atoms with Gasteiger partial charge in [0.2, 0.25) is 5.95 Å².